The number of aliphatic hydroxyl groups excluding tert-OH is 1. The second-order valence-electron chi connectivity index (χ2n) is 2.82. The van der Waals surface area contributed by atoms with E-state index in [4.69, 9.17) is 40.0 Å². The van der Waals surface area contributed by atoms with Crippen LogP contribution in [0.25, 0.3) is 0 Å². The summed E-state index contributed by atoms with van der Waals surface area (Å²) in [5.41, 5.74) is 8.94. The summed E-state index contributed by atoms with van der Waals surface area (Å²) in [6, 6.07) is 0. The van der Waals surface area contributed by atoms with Gasteiger partial charge < -0.3 is 41.3 Å². The molecule has 0 fully saturated rings. The number of guanidine groups is 1. The number of carboxylic acid groups (broad SMARTS) is 1. The summed E-state index contributed by atoms with van der Waals surface area (Å²) in [5, 5.41) is 19.4. The Morgan fingerprint density at radius 3 is 1.30 bits per heavy atom. The van der Waals surface area contributed by atoms with Crippen LogP contribution in [0.3, 0.4) is 0 Å². The van der Waals surface area contributed by atoms with E-state index >= 15 is 0 Å². The summed E-state index contributed by atoms with van der Waals surface area (Å²) in [5.74, 6) is -1.17. The molecule has 0 spiro atoms. The molecule has 0 rings (SSSR count). The van der Waals surface area contributed by atoms with Gasteiger partial charge in [0.25, 0.3) is 5.97 Å². The fourth-order valence-electron chi connectivity index (χ4n) is 0.409. The first-order valence-electron chi connectivity index (χ1n) is 4.16. The van der Waals surface area contributed by atoms with Gasteiger partial charge in [0.1, 0.15) is 0 Å². The number of rotatable bonds is 3. The Morgan fingerprint density at radius 1 is 1.15 bits per heavy atom. The number of carboxylic acids is 1. The van der Waals surface area contributed by atoms with E-state index in [1.165, 1.54) is 0 Å². The molecular formula is C5H17KN3O9P2. The molecular weight excluding hydrogens is 347 g/mol. The van der Waals surface area contributed by atoms with Crippen LogP contribution < -0.4 is 11.5 Å². The molecule has 20 heavy (non-hydrogen) atoms. The van der Waals surface area contributed by atoms with Crippen molar-refractivity contribution < 1.29 is 43.7 Å². The minimum atomic E-state index is -4.91. The molecule has 12 nitrogen and oxygen atoms in total. The van der Waals surface area contributed by atoms with Crippen LogP contribution in [-0.4, -0.2) is 105 Å². The third kappa shape index (κ3) is 27.1. The molecule has 117 valence electrons. The Labute approximate surface area is 156 Å². The molecule has 0 aliphatic rings. The molecule has 0 bridgehead atoms. The first-order chi connectivity index (χ1) is 8.16. The van der Waals surface area contributed by atoms with Crippen molar-refractivity contribution in [3.8, 4) is 0 Å². The average molecular weight is 364 g/mol. The second kappa shape index (κ2) is 13.3. The monoisotopic (exact) mass is 364 g/mol. The molecule has 0 atom stereocenters. The summed E-state index contributed by atoms with van der Waals surface area (Å²) in [6.07, 6.45) is 0. The normalized spacial score (nSPS) is 10.2. The molecule has 0 saturated carbocycles. The van der Waals surface area contributed by atoms with Gasteiger partial charge in [-0.25, -0.2) is 0 Å². The van der Waals surface area contributed by atoms with Gasteiger partial charge in [0.2, 0.25) is 0 Å². The van der Waals surface area contributed by atoms with Crippen LogP contribution in [0.15, 0.2) is 0 Å². The molecule has 0 heterocycles. The molecule has 0 aromatic rings. The summed E-state index contributed by atoms with van der Waals surface area (Å²) in [4.78, 5) is 42.1. The number of aliphatic carboxylic acids is 1. The van der Waals surface area contributed by atoms with Crippen molar-refractivity contribution in [3.05, 3.63) is 0 Å². The van der Waals surface area contributed by atoms with Crippen molar-refractivity contribution in [3.63, 3.8) is 0 Å². The van der Waals surface area contributed by atoms with Gasteiger partial charge in [-0.2, -0.15) is 0 Å². The van der Waals surface area contributed by atoms with E-state index in [1.807, 2.05) is 0 Å². The number of hydrogen-bond donors (Lipinski definition) is 9. The maximum atomic E-state index is 10.3. The predicted octanol–water partition coefficient (Wildman–Crippen LogP) is -2.79. The Hall–Kier alpha value is 0.636. The molecule has 0 aromatic carbocycles. The summed E-state index contributed by atoms with van der Waals surface area (Å²) in [7, 11) is -9.82. The van der Waals surface area contributed by atoms with Gasteiger partial charge in [0.05, 0.1) is 6.61 Å². The maximum absolute atomic E-state index is 10.3. The number of carbonyl (C=O) groups is 1. The first-order valence-corrected chi connectivity index (χ1v) is 7.52. The molecule has 11 N–H and O–H groups in total. The molecule has 0 saturated heterocycles. The number of aliphatic hydroxyl groups is 1. The van der Waals surface area contributed by atoms with E-state index < -0.39 is 33.2 Å². The van der Waals surface area contributed by atoms with Crippen LogP contribution >= 0.6 is 15.2 Å². The Bertz CT molecular complexity index is 338. The smallest absolute Gasteiger partial charge is 0.343 e. The van der Waals surface area contributed by atoms with Gasteiger partial charge in [0, 0.05) is 58.3 Å². The third-order valence-electron chi connectivity index (χ3n) is 0.940. The van der Waals surface area contributed by atoms with Gasteiger partial charge >= 0.3 is 15.2 Å². The Balaban J connectivity index is -0.000000119. The van der Waals surface area contributed by atoms with E-state index in [0.717, 1.165) is 6.92 Å². The molecule has 0 aliphatic carbocycles. The van der Waals surface area contributed by atoms with Crippen LogP contribution in [0.2, 0.25) is 0 Å². The van der Waals surface area contributed by atoms with Crippen LogP contribution in [0, 0.1) is 5.41 Å². The van der Waals surface area contributed by atoms with Crippen LogP contribution in [-0.2, 0) is 13.9 Å². The van der Waals surface area contributed by atoms with Crippen LogP contribution in [0.1, 0.15) is 6.92 Å². The largest absolute Gasteiger partial charge is 0.481 e. The zero-order chi connectivity index (χ0) is 16.4. The van der Waals surface area contributed by atoms with Crippen molar-refractivity contribution in [1.82, 2.24) is 0 Å². The molecule has 0 aliphatic heterocycles. The Morgan fingerprint density at radius 2 is 1.30 bits per heavy atom. The number of nitrogens with two attached hydrogens (primary N) is 2. The maximum Gasteiger partial charge on any atom is 0.343 e. The topological polar surface area (TPSA) is 248 Å². The zero-order valence-corrected chi connectivity index (χ0v) is 15.7. The van der Waals surface area contributed by atoms with Gasteiger partial charge in [-0.05, 0) is 0 Å². The van der Waals surface area contributed by atoms with E-state index in [2.05, 4.69) is 11.5 Å². The summed E-state index contributed by atoms with van der Waals surface area (Å²) < 4.78 is 20.5. The fourth-order valence-corrected chi connectivity index (χ4v) is 2.40. The van der Waals surface area contributed by atoms with Crippen molar-refractivity contribution >= 4 is 78.5 Å². The van der Waals surface area contributed by atoms with Crippen molar-refractivity contribution in [1.29, 1.82) is 5.41 Å². The van der Waals surface area contributed by atoms with E-state index in [9.17, 15) is 9.13 Å². The van der Waals surface area contributed by atoms with Gasteiger partial charge in [-0.15, -0.1) is 0 Å². The predicted molar refractivity (Wildman–Crippen MR) is 70.1 cm³/mol. The zero-order valence-electron chi connectivity index (χ0n) is 10.7. The fraction of sp³-hybridized carbons (Fsp3) is 0.600. The Kier molecular flexibility index (Phi) is 19.1. The summed E-state index contributed by atoms with van der Waals surface area (Å²) >= 11 is 0. The van der Waals surface area contributed by atoms with E-state index in [0.29, 0.717) is 0 Å². The quantitative estimate of drug-likeness (QED) is 0.107. The molecule has 15 heteroatoms. The SMILES string of the molecule is CC(=O)O.N=C(N)N.O=P(O)(O)C(CO)P(=O)(O)O.[K]. The van der Waals surface area contributed by atoms with Crippen LogP contribution in [0.4, 0.5) is 0 Å². The third-order valence-corrected chi connectivity index (χ3v) is 4.62. The molecule has 1 radical (unpaired) electrons. The minimum Gasteiger partial charge on any atom is -0.481 e. The van der Waals surface area contributed by atoms with Crippen LogP contribution in [0.5, 0.6) is 0 Å². The number of nitrogens with one attached hydrogen (secondary N) is 1. The average Bonchev–Trinajstić information content (AvgIpc) is 1.95. The molecule has 0 unspecified atom stereocenters. The minimum absolute atomic E-state index is 0. The van der Waals surface area contributed by atoms with Gasteiger partial charge in [0.15, 0.2) is 11.4 Å². The number of hydrogen-bond acceptors (Lipinski definition) is 5. The van der Waals surface area contributed by atoms with Crippen molar-refractivity contribution in [2.24, 2.45) is 11.5 Å². The van der Waals surface area contributed by atoms with Crippen molar-refractivity contribution in [2.75, 3.05) is 6.61 Å². The van der Waals surface area contributed by atoms with Gasteiger partial charge in [-0.3, -0.25) is 19.3 Å². The van der Waals surface area contributed by atoms with E-state index in [1.54, 1.807) is 0 Å². The van der Waals surface area contributed by atoms with E-state index in [-0.39, 0.29) is 57.3 Å². The van der Waals surface area contributed by atoms with Gasteiger partial charge in [-0.1, -0.05) is 0 Å². The second-order valence-corrected chi connectivity index (χ2v) is 6.83. The molecule has 0 aromatic heterocycles. The first kappa shape index (κ1) is 28.8. The summed E-state index contributed by atoms with van der Waals surface area (Å²) in [6.45, 7) is -0.158. The standard InChI is InChI=1S/C2H8O7P2.C2H4O2.CH5N3.K/c3-1-2(10(4,5)6)11(7,8)9;1-2(3)4;2-1(3)4;/h2-3H,1H2,(H2,4,5,6)(H2,7,8,9);1H3,(H,3,4);(H5,2,3,4);. The molecule has 0 amide bonds. The van der Waals surface area contributed by atoms with Crippen molar-refractivity contribution in [2.45, 2.75) is 12.3 Å².